The van der Waals surface area contributed by atoms with E-state index in [2.05, 4.69) is 27.3 Å². The maximum Gasteiger partial charge on any atom is 0.272 e. The standard InChI is InChI=1S/C16H26N4O/c1-2-20-10-6-7-12(20)11-17-16(21)15-13-8-4-3-5-9-14(13)18-19-15/h12H,2-11H2,1H3,(H,17,21)(H,18,19)/t12-/m1/s1. The molecule has 0 bridgehead atoms. The average molecular weight is 290 g/mol. The number of amides is 1. The number of nitrogens with zero attached hydrogens (tertiary/aromatic N) is 2. The van der Waals surface area contributed by atoms with Gasteiger partial charge < -0.3 is 5.32 Å². The molecule has 2 aliphatic rings. The highest BCUT2D eigenvalue weighted by Crippen LogP contribution is 2.22. The summed E-state index contributed by atoms with van der Waals surface area (Å²) in [6.45, 7) is 5.16. The maximum absolute atomic E-state index is 12.4. The second-order valence-corrected chi connectivity index (χ2v) is 6.22. The minimum atomic E-state index is -0.00245. The molecule has 1 fully saturated rings. The van der Waals surface area contributed by atoms with E-state index >= 15 is 0 Å². The molecule has 1 amide bonds. The highest BCUT2D eigenvalue weighted by Gasteiger charge is 2.25. The topological polar surface area (TPSA) is 61.0 Å². The molecule has 1 aliphatic carbocycles. The molecule has 1 saturated heterocycles. The largest absolute Gasteiger partial charge is 0.349 e. The number of hydrogen-bond acceptors (Lipinski definition) is 3. The quantitative estimate of drug-likeness (QED) is 0.833. The molecule has 2 heterocycles. The number of carbonyl (C=O) groups is 1. The zero-order valence-corrected chi connectivity index (χ0v) is 13.0. The number of likely N-dealkylation sites (N-methyl/N-ethyl adjacent to an activating group) is 1. The van der Waals surface area contributed by atoms with Crippen LogP contribution in [0, 0.1) is 0 Å². The van der Waals surface area contributed by atoms with Gasteiger partial charge in [0.05, 0.1) is 0 Å². The fourth-order valence-electron chi connectivity index (χ4n) is 3.68. The molecule has 1 atom stereocenters. The zero-order chi connectivity index (χ0) is 14.7. The minimum Gasteiger partial charge on any atom is -0.349 e. The van der Waals surface area contributed by atoms with Gasteiger partial charge in [-0.3, -0.25) is 14.8 Å². The van der Waals surface area contributed by atoms with Crippen LogP contribution < -0.4 is 5.32 Å². The van der Waals surface area contributed by atoms with Crippen LogP contribution in [0.4, 0.5) is 0 Å². The molecule has 0 aromatic carbocycles. The van der Waals surface area contributed by atoms with Crippen molar-refractivity contribution in [2.45, 2.75) is 57.9 Å². The average Bonchev–Trinajstić information content (AvgIpc) is 3.05. The van der Waals surface area contributed by atoms with Crippen LogP contribution in [0.5, 0.6) is 0 Å². The molecule has 0 unspecified atom stereocenters. The molecular formula is C16H26N4O. The summed E-state index contributed by atoms with van der Waals surface area (Å²) < 4.78 is 0. The van der Waals surface area contributed by atoms with Crippen LogP contribution in [-0.4, -0.2) is 46.7 Å². The van der Waals surface area contributed by atoms with Gasteiger partial charge in [-0.05, 0) is 51.6 Å². The van der Waals surface area contributed by atoms with Crippen LogP contribution in [0.3, 0.4) is 0 Å². The Hall–Kier alpha value is -1.36. The van der Waals surface area contributed by atoms with Crippen LogP contribution in [0.1, 0.15) is 60.8 Å². The summed E-state index contributed by atoms with van der Waals surface area (Å²) in [6, 6.07) is 0.497. The van der Waals surface area contributed by atoms with Gasteiger partial charge in [0.1, 0.15) is 0 Å². The second-order valence-electron chi connectivity index (χ2n) is 6.22. The highest BCUT2D eigenvalue weighted by molar-refractivity contribution is 5.94. The maximum atomic E-state index is 12.4. The number of nitrogens with one attached hydrogen (secondary N) is 2. The van der Waals surface area contributed by atoms with E-state index in [1.165, 1.54) is 37.8 Å². The lowest BCUT2D eigenvalue weighted by Gasteiger charge is -2.22. The van der Waals surface area contributed by atoms with E-state index in [1.807, 2.05) is 0 Å². The molecule has 5 nitrogen and oxygen atoms in total. The van der Waals surface area contributed by atoms with E-state index < -0.39 is 0 Å². The lowest BCUT2D eigenvalue weighted by molar-refractivity contribution is 0.0935. The molecule has 116 valence electrons. The summed E-state index contributed by atoms with van der Waals surface area (Å²) in [5.74, 6) is -0.00245. The number of aromatic amines is 1. The van der Waals surface area contributed by atoms with Gasteiger partial charge in [0.25, 0.3) is 5.91 Å². The monoisotopic (exact) mass is 290 g/mol. The first-order valence-corrected chi connectivity index (χ1v) is 8.38. The smallest absolute Gasteiger partial charge is 0.272 e. The van der Waals surface area contributed by atoms with Gasteiger partial charge in [0.15, 0.2) is 5.69 Å². The number of fused-ring (bicyclic) bond motifs is 1. The normalized spacial score (nSPS) is 22.8. The number of H-pyrrole nitrogens is 1. The van der Waals surface area contributed by atoms with Gasteiger partial charge in [0.2, 0.25) is 0 Å². The van der Waals surface area contributed by atoms with Crippen molar-refractivity contribution in [3.8, 4) is 0 Å². The Morgan fingerprint density at radius 1 is 1.33 bits per heavy atom. The fraction of sp³-hybridized carbons (Fsp3) is 0.750. The molecule has 2 N–H and O–H groups in total. The third-order valence-electron chi connectivity index (χ3n) is 4.92. The number of rotatable bonds is 4. The summed E-state index contributed by atoms with van der Waals surface area (Å²) in [7, 11) is 0. The predicted octanol–water partition coefficient (Wildman–Crippen LogP) is 1.89. The molecule has 0 saturated carbocycles. The first kappa shape index (κ1) is 14.6. The number of hydrogen-bond donors (Lipinski definition) is 2. The molecule has 1 aromatic rings. The van der Waals surface area contributed by atoms with Gasteiger partial charge in [-0.1, -0.05) is 13.3 Å². The Kier molecular flexibility index (Phi) is 4.58. The van der Waals surface area contributed by atoms with E-state index in [0.29, 0.717) is 11.7 Å². The Morgan fingerprint density at radius 3 is 3.05 bits per heavy atom. The summed E-state index contributed by atoms with van der Waals surface area (Å²) >= 11 is 0. The van der Waals surface area contributed by atoms with Crippen molar-refractivity contribution >= 4 is 5.91 Å². The van der Waals surface area contributed by atoms with E-state index in [9.17, 15) is 4.79 Å². The minimum absolute atomic E-state index is 0.00245. The van der Waals surface area contributed by atoms with Crippen molar-refractivity contribution in [3.63, 3.8) is 0 Å². The highest BCUT2D eigenvalue weighted by atomic mass is 16.1. The number of likely N-dealkylation sites (tertiary alicyclic amines) is 1. The molecule has 5 heteroatoms. The Morgan fingerprint density at radius 2 is 2.19 bits per heavy atom. The third kappa shape index (κ3) is 3.12. The molecule has 1 aromatic heterocycles. The van der Waals surface area contributed by atoms with Crippen molar-refractivity contribution in [2.75, 3.05) is 19.6 Å². The van der Waals surface area contributed by atoms with Crippen molar-refractivity contribution in [1.29, 1.82) is 0 Å². The van der Waals surface area contributed by atoms with Crippen molar-refractivity contribution in [1.82, 2.24) is 20.4 Å². The lowest BCUT2D eigenvalue weighted by atomic mass is 10.1. The van der Waals surface area contributed by atoms with Crippen molar-refractivity contribution in [3.05, 3.63) is 17.0 Å². The number of carbonyl (C=O) groups excluding carboxylic acids is 1. The molecule has 0 spiro atoms. The zero-order valence-electron chi connectivity index (χ0n) is 13.0. The van der Waals surface area contributed by atoms with Crippen LogP contribution >= 0.6 is 0 Å². The van der Waals surface area contributed by atoms with Crippen LogP contribution in [0.25, 0.3) is 0 Å². The van der Waals surface area contributed by atoms with Gasteiger partial charge in [-0.2, -0.15) is 5.10 Å². The molecule has 0 radical (unpaired) electrons. The second kappa shape index (κ2) is 6.60. The summed E-state index contributed by atoms with van der Waals surface area (Å²) in [5.41, 5.74) is 2.96. The number of aryl methyl sites for hydroxylation is 1. The molecule has 3 rings (SSSR count). The lowest BCUT2D eigenvalue weighted by Crippen LogP contribution is -2.40. The molecule has 21 heavy (non-hydrogen) atoms. The van der Waals surface area contributed by atoms with Crippen LogP contribution in [-0.2, 0) is 12.8 Å². The Bertz CT molecular complexity index is 496. The Labute approximate surface area is 126 Å². The van der Waals surface area contributed by atoms with Gasteiger partial charge in [-0.15, -0.1) is 0 Å². The van der Waals surface area contributed by atoms with Gasteiger partial charge in [-0.25, -0.2) is 0 Å². The van der Waals surface area contributed by atoms with E-state index in [1.54, 1.807) is 0 Å². The Balaban J connectivity index is 1.62. The van der Waals surface area contributed by atoms with Gasteiger partial charge >= 0.3 is 0 Å². The van der Waals surface area contributed by atoms with Crippen molar-refractivity contribution < 1.29 is 4.79 Å². The predicted molar refractivity (Wildman–Crippen MR) is 82.4 cm³/mol. The van der Waals surface area contributed by atoms with Crippen LogP contribution in [0.15, 0.2) is 0 Å². The SMILES string of the molecule is CCN1CCC[C@@H]1CNC(=O)c1n[nH]c2c1CCCCC2. The summed E-state index contributed by atoms with van der Waals surface area (Å²) in [6.07, 6.45) is 8.06. The number of aromatic nitrogens is 2. The van der Waals surface area contributed by atoms with E-state index in [4.69, 9.17) is 0 Å². The first-order chi connectivity index (χ1) is 10.3. The van der Waals surface area contributed by atoms with Crippen LogP contribution in [0.2, 0.25) is 0 Å². The molecule has 1 aliphatic heterocycles. The summed E-state index contributed by atoms with van der Waals surface area (Å²) in [5, 5.41) is 10.4. The van der Waals surface area contributed by atoms with E-state index in [-0.39, 0.29) is 5.91 Å². The third-order valence-corrected chi connectivity index (χ3v) is 4.92. The fourth-order valence-corrected chi connectivity index (χ4v) is 3.68. The van der Waals surface area contributed by atoms with E-state index in [0.717, 1.165) is 38.0 Å². The first-order valence-electron chi connectivity index (χ1n) is 8.38. The summed E-state index contributed by atoms with van der Waals surface area (Å²) in [4.78, 5) is 14.9. The van der Waals surface area contributed by atoms with Crippen molar-refractivity contribution in [2.24, 2.45) is 0 Å². The molecular weight excluding hydrogens is 264 g/mol. The van der Waals surface area contributed by atoms with Gasteiger partial charge in [0, 0.05) is 23.8 Å².